The van der Waals surface area contributed by atoms with Crippen LogP contribution in [-0.4, -0.2) is 27.3 Å². The van der Waals surface area contributed by atoms with Gasteiger partial charge in [-0.25, -0.2) is 4.79 Å². The predicted octanol–water partition coefficient (Wildman–Crippen LogP) is 3.17. The van der Waals surface area contributed by atoms with Crippen LogP contribution < -0.4 is 5.32 Å². The molecule has 0 saturated carbocycles. The summed E-state index contributed by atoms with van der Waals surface area (Å²) < 4.78 is 1.81. The maximum absolute atomic E-state index is 12.6. The monoisotopic (exact) mass is 330 g/mol. The van der Waals surface area contributed by atoms with Crippen molar-refractivity contribution in [2.45, 2.75) is 31.0 Å². The molecule has 2 N–H and O–H groups in total. The van der Waals surface area contributed by atoms with Crippen LogP contribution in [0.25, 0.3) is 0 Å². The molecule has 120 valence electrons. The molecule has 3 rings (SSSR count). The Hall–Kier alpha value is -2.21. The minimum atomic E-state index is -0.989. The molecule has 0 radical (unpaired) electrons. The normalized spacial score (nSPS) is 14.3. The van der Waals surface area contributed by atoms with Crippen LogP contribution in [0.5, 0.6) is 0 Å². The van der Waals surface area contributed by atoms with Crippen molar-refractivity contribution in [3.63, 3.8) is 0 Å². The maximum atomic E-state index is 12.6. The fraction of sp³-hybridized carbons (Fsp3) is 0.294. The Kier molecular flexibility index (Phi) is 4.43. The van der Waals surface area contributed by atoms with Crippen molar-refractivity contribution in [2.75, 3.05) is 5.75 Å². The molecule has 0 bridgehead atoms. The molecule has 1 amide bonds. The molecule has 0 spiro atoms. The molecular formula is C17H18N2O3S. The largest absolute Gasteiger partial charge is 0.478 e. The number of benzene rings is 1. The second kappa shape index (κ2) is 6.50. The first-order valence-electron chi connectivity index (χ1n) is 7.57. The number of hydrogen-bond donors (Lipinski definition) is 2. The number of aromatic nitrogens is 1. The number of thioether (sulfide) groups is 1. The molecule has 23 heavy (non-hydrogen) atoms. The molecule has 0 fully saturated rings. The summed E-state index contributed by atoms with van der Waals surface area (Å²) >= 11 is 1.48. The average Bonchev–Trinajstić information content (AvgIpc) is 3.15. The number of rotatable bonds is 5. The van der Waals surface area contributed by atoms with Crippen LogP contribution in [0.4, 0.5) is 0 Å². The van der Waals surface area contributed by atoms with E-state index in [2.05, 4.69) is 5.32 Å². The van der Waals surface area contributed by atoms with E-state index < -0.39 is 5.97 Å². The van der Waals surface area contributed by atoms with Crippen molar-refractivity contribution in [3.05, 3.63) is 53.2 Å². The molecule has 1 unspecified atom stereocenters. The highest BCUT2D eigenvalue weighted by Gasteiger charge is 2.28. The minimum absolute atomic E-state index is 0.0859. The zero-order chi connectivity index (χ0) is 16.4. The standard InChI is InChI=1S/C17H18N2O3S/c1-2-13(11-6-4-3-5-7-11)18-15(20)14-10-12(17(21)22)16-19(14)8-9-23-16/h3-7,10,13H,2,8-9H2,1H3,(H,18,20)(H,21,22). The number of carbonyl (C=O) groups is 2. The highest BCUT2D eigenvalue weighted by Crippen LogP contribution is 2.33. The second-order valence-electron chi connectivity index (χ2n) is 5.40. The molecule has 5 nitrogen and oxygen atoms in total. The van der Waals surface area contributed by atoms with Crippen LogP contribution in [0, 0.1) is 0 Å². The van der Waals surface area contributed by atoms with Gasteiger partial charge in [0.25, 0.3) is 5.91 Å². The summed E-state index contributed by atoms with van der Waals surface area (Å²) in [6.45, 7) is 2.68. The summed E-state index contributed by atoms with van der Waals surface area (Å²) in [6, 6.07) is 11.2. The zero-order valence-electron chi connectivity index (χ0n) is 12.8. The van der Waals surface area contributed by atoms with Gasteiger partial charge in [0.2, 0.25) is 0 Å². The summed E-state index contributed by atoms with van der Waals surface area (Å²) in [5, 5.41) is 13.0. The van der Waals surface area contributed by atoms with Crippen LogP contribution in [-0.2, 0) is 6.54 Å². The van der Waals surface area contributed by atoms with Gasteiger partial charge in [0.1, 0.15) is 5.69 Å². The number of carbonyl (C=O) groups excluding carboxylic acids is 1. The van der Waals surface area contributed by atoms with Gasteiger partial charge in [-0.1, -0.05) is 37.3 Å². The van der Waals surface area contributed by atoms with Gasteiger partial charge in [-0.15, -0.1) is 11.8 Å². The number of aromatic carboxylic acids is 1. The SMILES string of the molecule is CCC(NC(=O)c1cc(C(=O)O)c2n1CCS2)c1ccccc1. The highest BCUT2D eigenvalue weighted by atomic mass is 32.2. The smallest absolute Gasteiger partial charge is 0.338 e. The highest BCUT2D eigenvalue weighted by molar-refractivity contribution is 7.99. The van der Waals surface area contributed by atoms with Crippen LogP contribution in [0.3, 0.4) is 0 Å². The number of nitrogens with one attached hydrogen (secondary N) is 1. The van der Waals surface area contributed by atoms with Crippen molar-refractivity contribution in [2.24, 2.45) is 0 Å². The summed E-state index contributed by atoms with van der Waals surface area (Å²) in [7, 11) is 0. The molecular weight excluding hydrogens is 312 g/mol. The van der Waals surface area contributed by atoms with Gasteiger partial charge in [-0.3, -0.25) is 4.79 Å². The molecule has 1 atom stereocenters. The molecule has 1 aromatic carbocycles. The van der Waals surface area contributed by atoms with Gasteiger partial charge < -0.3 is 15.0 Å². The number of carboxylic acid groups (broad SMARTS) is 1. The third kappa shape index (κ3) is 2.99. The van der Waals surface area contributed by atoms with Crippen molar-refractivity contribution in [1.29, 1.82) is 0 Å². The van der Waals surface area contributed by atoms with E-state index in [4.69, 9.17) is 0 Å². The van der Waals surface area contributed by atoms with Crippen molar-refractivity contribution >= 4 is 23.6 Å². The molecule has 0 aliphatic carbocycles. The molecule has 1 aromatic heterocycles. The minimum Gasteiger partial charge on any atom is -0.478 e. The average molecular weight is 330 g/mol. The van der Waals surface area contributed by atoms with Crippen LogP contribution >= 0.6 is 11.8 Å². The summed E-state index contributed by atoms with van der Waals surface area (Å²) in [6.07, 6.45) is 0.768. The van der Waals surface area contributed by atoms with E-state index in [0.717, 1.165) is 17.7 Å². The fourth-order valence-electron chi connectivity index (χ4n) is 2.82. The molecule has 2 aromatic rings. The van der Waals surface area contributed by atoms with E-state index in [-0.39, 0.29) is 17.5 Å². The van der Waals surface area contributed by atoms with E-state index in [1.165, 1.54) is 17.8 Å². The summed E-state index contributed by atoms with van der Waals surface area (Å²) in [4.78, 5) is 24.0. The first-order valence-corrected chi connectivity index (χ1v) is 8.55. The first-order chi connectivity index (χ1) is 11.1. The Labute approximate surface area is 138 Å². The predicted molar refractivity (Wildman–Crippen MR) is 89.1 cm³/mol. The lowest BCUT2D eigenvalue weighted by atomic mass is 10.0. The topological polar surface area (TPSA) is 71.3 Å². The summed E-state index contributed by atoms with van der Waals surface area (Å²) in [5.41, 5.74) is 1.69. The maximum Gasteiger partial charge on any atom is 0.338 e. The number of carboxylic acids is 1. The first kappa shape index (κ1) is 15.7. The van der Waals surface area contributed by atoms with Crippen molar-refractivity contribution in [3.8, 4) is 0 Å². The van der Waals surface area contributed by atoms with E-state index in [1.807, 2.05) is 37.3 Å². The molecule has 1 aliphatic heterocycles. The van der Waals surface area contributed by atoms with Gasteiger partial charge in [-0.05, 0) is 18.1 Å². The third-order valence-electron chi connectivity index (χ3n) is 3.98. The van der Waals surface area contributed by atoms with E-state index in [0.29, 0.717) is 17.3 Å². The lowest BCUT2D eigenvalue weighted by Gasteiger charge is -2.17. The van der Waals surface area contributed by atoms with Gasteiger partial charge >= 0.3 is 5.97 Å². The number of nitrogens with zero attached hydrogens (tertiary/aromatic N) is 1. The Bertz CT molecular complexity index is 740. The van der Waals surface area contributed by atoms with Crippen molar-refractivity contribution in [1.82, 2.24) is 9.88 Å². The van der Waals surface area contributed by atoms with Gasteiger partial charge in [0.05, 0.1) is 16.6 Å². The second-order valence-corrected chi connectivity index (χ2v) is 6.48. The zero-order valence-corrected chi connectivity index (χ0v) is 13.6. The van der Waals surface area contributed by atoms with E-state index in [9.17, 15) is 14.7 Å². The van der Waals surface area contributed by atoms with Crippen molar-refractivity contribution < 1.29 is 14.7 Å². The number of fused-ring (bicyclic) bond motifs is 1. The van der Waals surface area contributed by atoms with E-state index in [1.54, 1.807) is 4.57 Å². The van der Waals surface area contributed by atoms with Gasteiger partial charge in [-0.2, -0.15) is 0 Å². The Morgan fingerprint density at radius 3 is 2.74 bits per heavy atom. The number of amides is 1. The third-order valence-corrected chi connectivity index (χ3v) is 5.08. The van der Waals surface area contributed by atoms with Gasteiger partial charge in [0.15, 0.2) is 0 Å². The van der Waals surface area contributed by atoms with Gasteiger partial charge in [0, 0.05) is 12.3 Å². The van der Waals surface area contributed by atoms with E-state index >= 15 is 0 Å². The Morgan fingerprint density at radius 1 is 1.35 bits per heavy atom. The van der Waals surface area contributed by atoms with Crippen LogP contribution in [0.2, 0.25) is 0 Å². The Morgan fingerprint density at radius 2 is 2.09 bits per heavy atom. The lowest BCUT2D eigenvalue weighted by molar-refractivity contribution is 0.0692. The van der Waals surface area contributed by atoms with Crippen LogP contribution in [0.15, 0.2) is 41.4 Å². The fourth-order valence-corrected chi connectivity index (χ4v) is 3.94. The lowest BCUT2D eigenvalue weighted by Crippen LogP contribution is -2.29. The van der Waals surface area contributed by atoms with Crippen LogP contribution in [0.1, 0.15) is 45.8 Å². The molecule has 2 heterocycles. The Balaban J connectivity index is 1.86. The molecule has 6 heteroatoms. The molecule has 0 saturated heterocycles. The number of hydrogen-bond acceptors (Lipinski definition) is 3. The molecule has 1 aliphatic rings. The summed E-state index contributed by atoms with van der Waals surface area (Å²) in [5.74, 6) is -0.415. The quantitative estimate of drug-likeness (QED) is 0.883.